The number of carbonyl (C=O) groups excluding carboxylic acids is 4. The molecule has 6 aliphatic rings. The Balaban J connectivity index is 1.13. The molecule has 0 spiro atoms. The van der Waals surface area contributed by atoms with Crippen molar-refractivity contribution in [3.63, 3.8) is 0 Å². The minimum atomic E-state index is -3.88. The molecule has 7 atom stereocenters. The highest BCUT2D eigenvalue weighted by atomic mass is 32.2. The van der Waals surface area contributed by atoms with Crippen LogP contribution in [0.3, 0.4) is 0 Å². The molecule has 55 heavy (non-hydrogen) atoms. The number of para-hydroxylation sites is 1. The third-order valence-corrected chi connectivity index (χ3v) is 14.4. The van der Waals surface area contributed by atoms with Gasteiger partial charge in [0, 0.05) is 17.7 Å². The van der Waals surface area contributed by atoms with Crippen molar-refractivity contribution >= 4 is 50.8 Å². The largest absolute Gasteiger partial charge is 0.486 e. The van der Waals surface area contributed by atoms with Gasteiger partial charge in [0.2, 0.25) is 21.8 Å². The molecule has 4 aliphatic carbocycles. The molecule has 0 radical (unpaired) electrons. The lowest BCUT2D eigenvalue weighted by molar-refractivity contribution is -0.142. The Morgan fingerprint density at radius 1 is 0.982 bits per heavy atom. The predicted molar refractivity (Wildman–Crippen MR) is 205 cm³/mol. The number of alkyl carbamates (subject to hydrolysis) is 1. The summed E-state index contributed by atoms with van der Waals surface area (Å²) in [6, 6.07) is 7.69. The quantitative estimate of drug-likeness (QED) is 0.331. The maximum Gasteiger partial charge on any atom is 0.408 e. The monoisotopic (exact) mass is 773 g/mol. The van der Waals surface area contributed by atoms with Crippen LogP contribution in [-0.4, -0.2) is 83.7 Å². The van der Waals surface area contributed by atoms with Gasteiger partial charge in [0.1, 0.15) is 41.3 Å². The molecule has 4 amide bonds. The lowest BCUT2D eigenvalue weighted by Gasteiger charge is -2.32. The summed E-state index contributed by atoms with van der Waals surface area (Å²) in [5.41, 5.74) is -0.0687. The van der Waals surface area contributed by atoms with Gasteiger partial charge in [0.25, 0.3) is 5.91 Å². The standard InChI is InChI=1S/C41H51N5O8S/c1-2-28-23-41(28,39(49)45-55(51,52)30-19-20-30)44-37(47)33-22-29-24-46(33)38(48)36(26-12-6-7-13-26)43-40(50)54-34-18-10-15-25(34)11-4-3-5-17-32-35(53-29)21-27-14-8-9-16-31(27)42-32/h2,5,8-9,14,16-17,21,25-26,28-30,33-34,36H,1,3-4,6-7,10-13,15,18-20,22-24H2,(H,43,50)(H,44,47)(H,45,49)/b17-5+/t25-,28+,29-,33+,34-,36+,41-/m1/s1. The Bertz CT molecular complexity index is 1990. The second-order valence-corrected chi connectivity index (χ2v) is 18.3. The Labute approximate surface area is 322 Å². The number of rotatable bonds is 7. The SMILES string of the molecule is C=C[C@H]1C[C@]1(NC(=O)[C@@H]1C[C@@H]2CN1C(=O)[C@H](C1CCCC1)NC(=O)O[C@@H]1CCC[C@H]1CCC/C=C/c1nc3ccccc3cc1O2)C(=O)NS(=O)(=O)C1CC1. The highest BCUT2D eigenvalue weighted by molar-refractivity contribution is 7.91. The molecule has 2 bridgehead atoms. The molecule has 1 aromatic heterocycles. The number of amides is 4. The van der Waals surface area contributed by atoms with E-state index >= 15 is 0 Å². The number of pyridine rings is 1. The molecule has 5 fully saturated rings. The molecule has 8 rings (SSSR count). The zero-order valence-electron chi connectivity index (χ0n) is 31.1. The van der Waals surface area contributed by atoms with Gasteiger partial charge in [0.15, 0.2) is 0 Å². The summed E-state index contributed by atoms with van der Waals surface area (Å²) in [6.07, 6.45) is 14.0. The van der Waals surface area contributed by atoms with Crippen LogP contribution in [0.5, 0.6) is 5.75 Å². The Morgan fingerprint density at radius 3 is 2.51 bits per heavy atom. The molecule has 14 heteroatoms. The van der Waals surface area contributed by atoms with Crippen LogP contribution in [0.4, 0.5) is 4.79 Å². The summed E-state index contributed by atoms with van der Waals surface area (Å²) in [5.74, 6) is -1.71. The van der Waals surface area contributed by atoms with E-state index in [4.69, 9.17) is 14.5 Å². The number of hydrogen-bond acceptors (Lipinski definition) is 9. The number of ether oxygens (including phenoxy) is 2. The third-order valence-electron chi connectivity index (χ3n) is 12.6. The van der Waals surface area contributed by atoms with Gasteiger partial charge >= 0.3 is 6.09 Å². The van der Waals surface area contributed by atoms with E-state index in [2.05, 4.69) is 28.0 Å². The van der Waals surface area contributed by atoms with Crippen molar-refractivity contribution in [1.29, 1.82) is 0 Å². The molecule has 13 nitrogen and oxygen atoms in total. The summed E-state index contributed by atoms with van der Waals surface area (Å²) in [5, 5.41) is 6.07. The van der Waals surface area contributed by atoms with Crippen molar-refractivity contribution in [2.75, 3.05) is 6.54 Å². The van der Waals surface area contributed by atoms with E-state index in [1.807, 2.05) is 36.4 Å². The summed E-state index contributed by atoms with van der Waals surface area (Å²) < 4.78 is 40.4. The molecule has 3 heterocycles. The van der Waals surface area contributed by atoms with Crippen molar-refractivity contribution in [3.8, 4) is 5.75 Å². The number of nitrogens with zero attached hydrogens (tertiary/aromatic N) is 2. The van der Waals surface area contributed by atoms with E-state index in [9.17, 15) is 27.6 Å². The lowest BCUT2D eigenvalue weighted by atomic mass is 9.96. The summed E-state index contributed by atoms with van der Waals surface area (Å²) in [7, 11) is -3.88. The second kappa shape index (κ2) is 15.2. The summed E-state index contributed by atoms with van der Waals surface area (Å²) >= 11 is 0. The van der Waals surface area contributed by atoms with Crippen molar-refractivity contribution in [2.45, 2.75) is 125 Å². The van der Waals surface area contributed by atoms with Crippen molar-refractivity contribution < 1.29 is 37.1 Å². The van der Waals surface area contributed by atoms with Crippen LogP contribution >= 0.6 is 0 Å². The average Bonchev–Trinajstić information content (AvgIpc) is 3.95. The van der Waals surface area contributed by atoms with Gasteiger partial charge in [0.05, 0.1) is 17.3 Å². The van der Waals surface area contributed by atoms with E-state index in [1.54, 1.807) is 0 Å². The number of aromatic nitrogens is 1. The van der Waals surface area contributed by atoms with Crippen molar-refractivity contribution in [2.24, 2.45) is 17.8 Å². The minimum absolute atomic E-state index is 0.0394. The lowest BCUT2D eigenvalue weighted by Crippen LogP contribution is -2.59. The van der Waals surface area contributed by atoms with Gasteiger partial charge in [-0.1, -0.05) is 43.2 Å². The molecular formula is C41H51N5O8S. The normalized spacial score (nSPS) is 32.2. The van der Waals surface area contributed by atoms with Crippen LogP contribution in [0.25, 0.3) is 17.0 Å². The fourth-order valence-electron chi connectivity index (χ4n) is 9.23. The molecule has 2 aliphatic heterocycles. The number of hydrogen-bond donors (Lipinski definition) is 3. The molecule has 4 saturated carbocycles. The molecule has 1 saturated heterocycles. The van der Waals surface area contributed by atoms with Gasteiger partial charge in [-0.25, -0.2) is 18.2 Å². The van der Waals surface area contributed by atoms with E-state index in [0.29, 0.717) is 24.3 Å². The highest BCUT2D eigenvalue weighted by Gasteiger charge is 2.62. The number of nitrogens with one attached hydrogen (secondary N) is 3. The molecule has 294 valence electrons. The average molecular weight is 774 g/mol. The van der Waals surface area contributed by atoms with Gasteiger partial charge < -0.3 is 25.0 Å². The fraction of sp³-hybridized carbons (Fsp3) is 0.585. The number of carbonyl (C=O) groups is 4. The highest BCUT2D eigenvalue weighted by Crippen LogP contribution is 2.46. The Kier molecular flexibility index (Phi) is 10.4. The summed E-state index contributed by atoms with van der Waals surface area (Å²) in [6.45, 7) is 3.85. The first-order valence-corrected chi connectivity index (χ1v) is 21.6. The minimum Gasteiger partial charge on any atom is -0.486 e. The smallest absolute Gasteiger partial charge is 0.408 e. The van der Waals surface area contributed by atoms with Gasteiger partial charge in [-0.3, -0.25) is 19.1 Å². The van der Waals surface area contributed by atoms with E-state index < -0.39 is 68.7 Å². The maximum absolute atomic E-state index is 14.8. The van der Waals surface area contributed by atoms with E-state index in [0.717, 1.165) is 75.1 Å². The first-order valence-electron chi connectivity index (χ1n) is 20.1. The summed E-state index contributed by atoms with van der Waals surface area (Å²) in [4.78, 5) is 62.8. The van der Waals surface area contributed by atoms with Gasteiger partial charge in [-0.2, -0.15) is 0 Å². The first-order chi connectivity index (χ1) is 26.5. The molecule has 2 aromatic rings. The number of allylic oxidation sites excluding steroid dienone is 1. The molecule has 3 N–H and O–H groups in total. The van der Waals surface area contributed by atoms with Crippen LogP contribution in [0.15, 0.2) is 49.1 Å². The van der Waals surface area contributed by atoms with Crippen LogP contribution in [0.2, 0.25) is 0 Å². The molecule has 1 aromatic carbocycles. The maximum atomic E-state index is 14.8. The van der Waals surface area contributed by atoms with Crippen LogP contribution in [-0.2, 0) is 29.1 Å². The third kappa shape index (κ3) is 7.84. The van der Waals surface area contributed by atoms with E-state index in [1.165, 1.54) is 11.0 Å². The number of sulfonamides is 1. The first kappa shape index (κ1) is 37.5. The van der Waals surface area contributed by atoms with Gasteiger partial charge in [-0.15, -0.1) is 6.58 Å². The van der Waals surface area contributed by atoms with Crippen molar-refractivity contribution in [1.82, 2.24) is 25.2 Å². The topological polar surface area (TPSA) is 173 Å². The predicted octanol–water partition coefficient (Wildman–Crippen LogP) is 4.90. The Hall–Kier alpha value is -4.46. The second-order valence-electron chi connectivity index (χ2n) is 16.4. The molecule has 0 unspecified atom stereocenters. The zero-order valence-corrected chi connectivity index (χ0v) is 31.9. The fourth-order valence-corrected chi connectivity index (χ4v) is 10.6. The van der Waals surface area contributed by atoms with Gasteiger partial charge in [-0.05, 0) is 101 Å². The van der Waals surface area contributed by atoms with Crippen LogP contribution in [0, 0.1) is 17.8 Å². The molecular weight excluding hydrogens is 723 g/mol. The van der Waals surface area contributed by atoms with Crippen molar-refractivity contribution in [3.05, 3.63) is 54.8 Å². The number of fused-ring (bicyclic) bond motifs is 5. The zero-order chi connectivity index (χ0) is 38.3. The van der Waals surface area contributed by atoms with Crippen LogP contribution in [0.1, 0.15) is 95.6 Å². The number of benzene rings is 1. The van der Waals surface area contributed by atoms with Crippen LogP contribution < -0.4 is 20.1 Å². The van der Waals surface area contributed by atoms with E-state index in [-0.39, 0.29) is 37.3 Å². The Morgan fingerprint density at radius 2 is 1.75 bits per heavy atom.